The molecule has 0 spiro atoms. The number of benzene rings is 2. The zero-order valence-electron chi connectivity index (χ0n) is 20.8. The Labute approximate surface area is 214 Å². The van der Waals surface area contributed by atoms with Crippen molar-refractivity contribution < 1.29 is 22.7 Å². The van der Waals surface area contributed by atoms with Crippen LogP contribution >= 0.6 is 11.3 Å². The molecule has 1 unspecified atom stereocenters. The average molecular weight is 531 g/mol. The molecule has 192 valence electrons. The van der Waals surface area contributed by atoms with Gasteiger partial charge in [0.15, 0.2) is 0 Å². The van der Waals surface area contributed by atoms with E-state index in [1.54, 1.807) is 42.3 Å². The third-order valence-corrected chi connectivity index (χ3v) is 7.77. The fourth-order valence-electron chi connectivity index (χ4n) is 3.61. The highest BCUT2D eigenvalue weighted by Crippen LogP contribution is 2.37. The number of hydrogen-bond acceptors (Lipinski definition) is 7. The van der Waals surface area contributed by atoms with E-state index in [1.165, 1.54) is 18.4 Å². The molecular weight excluding hydrogens is 500 g/mol. The largest absolute Gasteiger partial charge is 0.496 e. The Morgan fingerprint density at radius 1 is 1.17 bits per heavy atom. The molecule has 2 heterocycles. The number of hydrogen-bond donors (Lipinski definition) is 2. The number of thiophene rings is 1. The van der Waals surface area contributed by atoms with Crippen LogP contribution in [0.1, 0.15) is 47.7 Å². The summed E-state index contributed by atoms with van der Waals surface area (Å²) in [5.41, 5.74) is 8.46. The third-order valence-electron chi connectivity index (χ3n) is 5.31. The van der Waals surface area contributed by atoms with Crippen LogP contribution in [0.4, 0.5) is 0 Å². The van der Waals surface area contributed by atoms with Crippen LogP contribution in [0.3, 0.4) is 0 Å². The molecule has 0 saturated heterocycles. The second-order valence-electron chi connectivity index (χ2n) is 7.55. The van der Waals surface area contributed by atoms with Crippen molar-refractivity contribution >= 4 is 38.3 Å². The first-order valence-corrected chi connectivity index (χ1v) is 13.8. The molecule has 4 aromatic rings. The number of sulfonamides is 1. The van der Waals surface area contributed by atoms with Crippen molar-refractivity contribution in [2.45, 2.75) is 32.6 Å². The fourth-order valence-corrected chi connectivity index (χ4v) is 5.30. The Kier molecular flexibility index (Phi) is 8.72. The highest BCUT2D eigenvalue weighted by atomic mass is 32.2. The van der Waals surface area contributed by atoms with Gasteiger partial charge in [-0.15, -0.1) is 11.3 Å². The van der Waals surface area contributed by atoms with E-state index < -0.39 is 22.0 Å². The monoisotopic (exact) mass is 530 g/mol. The molecule has 0 bridgehead atoms. The van der Waals surface area contributed by atoms with E-state index in [9.17, 15) is 13.2 Å². The number of aromatic nitrogens is 2. The van der Waals surface area contributed by atoms with Crippen LogP contribution < -0.4 is 19.9 Å². The molecule has 0 aliphatic carbocycles. The van der Waals surface area contributed by atoms with E-state index in [4.69, 9.17) is 15.2 Å². The summed E-state index contributed by atoms with van der Waals surface area (Å²) in [5.74, 6) is 0.257. The number of para-hydroxylation sites is 1. The number of imidazole rings is 1. The van der Waals surface area contributed by atoms with Gasteiger partial charge in [-0.2, -0.15) is 0 Å². The van der Waals surface area contributed by atoms with Gasteiger partial charge in [0, 0.05) is 11.6 Å². The second-order valence-corrected chi connectivity index (χ2v) is 10.5. The lowest BCUT2D eigenvalue weighted by molar-refractivity contribution is 0.0998. The van der Waals surface area contributed by atoms with Crippen LogP contribution in [0.2, 0.25) is 0 Å². The minimum Gasteiger partial charge on any atom is -0.496 e. The standard InChI is InChI=1S/C23H24N4O5S2.C2H6/c1-14(16-6-4-5-7-19(16)31-3)32-20-11-21(33-22(20)23(24)28)27-13-26-17-9-8-15(10-18(17)27)12-34(29,30)25-2;1-2/h4-11,13-14,25H,12H2,1-3H3,(H2,24,28);1-2H3. The lowest BCUT2D eigenvalue weighted by atomic mass is 10.1. The molecule has 36 heavy (non-hydrogen) atoms. The van der Waals surface area contributed by atoms with Gasteiger partial charge in [0.25, 0.3) is 5.91 Å². The molecule has 3 N–H and O–H groups in total. The van der Waals surface area contributed by atoms with Crippen LogP contribution in [0, 0.1) is 0 Å². The summed E-state index contributed by atoms with van der Waals surface area (Å²) in [6, 6.07) is 14.5. The van der Waals surface area contributed by atoms with Crippen molar-refractivity contribution in [2.75, 3.05) is 14.2 Å². The normalized spacial score (nSPS) is 12.0. The number of rotatable bonds is 9. The van der Waals surface area contributed by atoms with Crippen LogP contribution in [0.25, 0.3) is 16.0 Å². The number of carbonyl (C=O) groups is 1. The number of ether oxygens (including phenoxy) is 2. The Hall–Kier alpha value is -3.41. The van der Waals surface area contributed by atoms with Gasteiger partial charge in [-0.1, -0.05) is 38.1 Å². The third kappa shape index (κ3) is 5.86. The maximum Gasteiger partial charge on any atom is 0.262 e. The molecule has 11 heteroatoms. The molecule has 0 saturated carbocycles. The molecule has 2 aromatic heterocycles. The van der Waals surface area contributed by atoms with Crippen LogP contribution in [-0.2, 0) is 15.8 Å². The van der Waals surface area contributed by atoms with Crippen LogP contribution in [-0.4, -0.2) is 38.0 Å². The number of amides is 1. The first-order chi connectivity index (χ1) is 17.2. The SMILES string of the molecule is CC.CNS(=O)(=O)Cc1ccc2ncn(-c3cc(OC(C)c4ccccc4OC)c(C(N)=O)s3)c2c1. The highest BCUT2D eigenvalue weighted by molar-refractivity contribution is 7.88. The van der Waals surface area contributed by atoms with Gasteiger partial charge in [-0.05, 0) is 37.7 Å². The number of primary amides is 1. The second kappa shape index (κ2) is 11.5. The van der Waals surface area contributed by atoms with E-state index in [0.717, 1.165) is 5.56 Å². The summed E-state index contributed by atoms with van der Waals surface area (Å²) in [6.07, 6.45) is 1.21. The highest BCUT2D eigenvalue weighted by Gasteiger charge is 2.21. The molecule has 1 amide bonds. The molecule has 2 aromatic carbocycles. The molecule has 0 fully saturated rings. The molecule has 1 atom stereocenters. The Bertz CT molecular complexity index is 1460. The van der Waals surface area contributed by atoms with Gasteiger partial charge in [-0.3, -0.25) is 9.36 Å². The van der Waals surface area contributed by atoms with E-state index >= 15 is 0 Å². The van der Waals surface area contributed by atoms with Crippen LogP contribution in [0.15, 0.2) is 54.9 Å². The zero-order valence-corrected chi connectivity index (χ0v) is 22.4. The maximum absolute atomic E-state index is 12.2. The average Bonchev–Trinajstić information content (AvgIpc) is 3.48. The van der Waals surface area contributed by atoms with Crippen molar-refractivity contribution in [3.05, 3.63) is 70.9 Å². The summed E-state index contributed by atoms with van der Waals surface area (Å²) in [7, 11) is -0.465. The minimum absolute atomic E-state index is 0.160. The summed E-state index contributed by atoms with van der Waals surface area (Å²) < 4.78 is 39.6. The van der Waals surface area contributed by atoms with Gasteiger partial charge in [-0.25, -0.2) is 18.1 Å². The molecule has 0 aliphatic heterocycles. The Morgan fingerprint density at radius 3 is 2.56 bits per heavy atom. The van der Waals surface area contributed by atoms with Crippen molar-refractivity contribution in [1.29, 1.82) is 0 Å². The smallest absolute Gasteiger partial charge is 0.262 e. The minimum atomic E-state index is -3.43. The van der Waals surface area contributed by atoms with E-state index in [-0.39, 0.29) is 10.6 Å². The first kappa shape index (κ1) is 27.2. The number of fused-ring (bicyclic) bond motifs is 1. The van der Waals surface area contributed by atoms with E-state index in [2.05, 4.69) is 9.71 Å². The number of nitrogens with one attached hydrogen (secondary N) is 1. The topological polar surface area (TPSA) is 126 Å². The Balaban J connectivity index is 0.00000176. The summed E-state index contributed by atoms with van der Waals surface area (Å²) in [5, 5.41) is 0.659. The molecule has 4 rings (SSSR count). The number of nitrogens with zero attached hydrogens (tertiary/aromatic N) is 2. The fraction of sp³-hybridized carbons (Fsp3) is 0.280. The zero-order chi connectivity index (χ0) is 26.5. The molecule has 0 radical (unpaired) electrons. The quantitative estimate of drug-likeness (QED) is 0.330. The van der Waals surface area contributed by atoms with Crippen molar-refractivity contribution in [3.63, 3.8) is 0 Å². The van der Waals surface area contributed by atoms with E-state index in [1.807, 2.05) is 45.0 Å². The van der Waals surface area contributed by atoms with Crippen molar-refractivity contribution in [3.8, 4) is 16.5 Å². The summed E-state index contributed by atoms with van der Waals surface area (Å²) in [4.78, 5) is 16.9. The number of carbonyl (C=O) groups excluding carboxylic acids is 1. The van der Waals surface area contributed by atoms with Gasteiger partial charge < -0.3 is 15.2 Å². The lowest BCUT2D eigenvalue weighted by Gasteiger charge is -2.17. The predicted octanol–water partition coefficient (Wildman–Crippen LogP) is 4.41. The van der Waals surface area contributed by atoms with Gasteiger partial charge in [0.05, 0.1) is 23.9 Å². The number of methoxy groups -OCH3 is 1. The summed E-state index contributed by atoms with van der Waals surface area (Å²) >= 11 is 1.17. The van der Waals surface area contributed by atoms with Crippen molar-refractivity contribution in [2.24, 2.45) is 5.73 Å². The maximum atomic E-state index is 12.2. The molecule has 9 nitrogen and oxygen atoms in total. The van der Waals surface area contributed by atoms with Gasteiger partial charge >= 0.3 is 0 Å². The first-order valence-electron chi connectivity index (χ1n) is 11.3. The molecular formula is C25H30N4O5S2. The predicted molar refractivity (Wildman–Crippen MR) is 143 cm³/mol. The van der Waals surface area contributed by atoms with E-state index in [0.29, 0.717) is 33.1 Å². The summed E-state index contributed by atoms with van der Waals surface area (Å²) in [6.45, 7) is 5.86. The van der Waals surface area contributed by atoms with Gasteiger partial charge in [0.2, 0.25) is 10.0 Å². The molecule has 0 aliphatic rings. The van der Waals surface area contributed by atoms with Gasteiger partial charge in [0.1, 0.15) is 33.8 Å². The number of nitrogens with two attached hydrogens (primary N) is 1. The lowest BCUT2D eigenvalue weighted by Crippen LogP contribution is -2.20. The van der Waals surface area contributed by atoms with Crippen molar-refractivity contribution in [1.82, 2.24) is 14.3 Å². The Morgan fingerprint density at radius 2 is 1.89 bits per heavy atom. The van der Waals surface area contributed by atoms with Crippen LogP contribution in [0.5, 0.6) is 11.5 Å².